The normalized spacial score (nSPS) is 20.6. The van der Waals surface area contributed by atoms with Gasteiger partial charge in [0.25, 0.3) is 0 Å². The molecule has 1 aliphatic heterocycles. The first-order chi connectivity index (χ1) is 8.40. The predicted molar refractivity (Wildman–Crippen MR) is 70.2 cm³/mol. The van der Waals surface area contributed by atoms with Gasteiger partial charge in [0, 0.05) is 39.9 Å². The number of likely N-dealkylation sites (tertiary alicyclic amines) is 1. The van der Waals surface area contributed by atoms with Crippen LogP contribution in [0.2, 0.25) is 0 Å². The third-order valence-electron chi connectivity index (χ3n) is 3.16. The van der Waals surface area contributed by atoms with E-state index in [2.05, 4.69) is 0 Å². The Labute approximate surface area is 112 Å². The standard InChI is InChI=1S/C12H21NO4S/c1-9(14)18-7-10-5-11(15)13(6-10)8-12(2,16-3)17-4/h10H,5-8H2,1-4H3. The molecule has 0 aromatic carbocycles. The van der Waals surface area contributed by atoms with Crippen molar-refractivity contribution in [2.75, 3.05) is 33.1 Å². The molecule has 1 heterocycles. The number of methoxy groups -OCH3 is 2. The van der Waals surface area contributed by atoms with Crippen molar-refractivity contribution in [2.45, 2.75) is 26.1 Å². The van der Waals surface area contributed by atoms with Crippen molar-refractivity contribution in [1.82, 2.24) is 4.90 Å². The molecule has 0 radical (unpaired) electrons. The van der Waals surface area contributed by atoms with Crippen LogP contribution in [0.4, 0.5) is 0 Å². The maximum absolute atomic E-state index is 11.9. The minimum atomic E-state index is -0.766. The van der Waals surface area contributed by atoms with Gasteiger partial charge in [-0.05, 0) is 12.8 Å². The minimum Gasteiger partial charge on any atom is -0.352 e. The summed E-state index contributed by atoms with van der Waals surface area (Å²) in [5, 5.41) is 0.0968. The van der Waals surface area contributed by atoms with Crippen LogP contribution >= 0.6 is 11.8 Å². The van der Waals surface area contributed by atoms with Crippen LogP contribution in [-0.4, -0.2) is 54.8 Å². The largest absolute Gasteiger partial charge is 0.352 e. The lowest BCUT2D eigenvalue weighted by Gasteiger charge is -2.31. The lowest BCUT2D eigenvalue weighted by Crippen LogP contribution is -2.44. The van der Waals surface area contributed by atoms with E-state index in [-0.39, 0.29) is 16.9 Å². The number of rotatable bonds is 6. The summed E-state index contributed by atoms with van der Waals surface area (Å²) in [6, 6.07) is 0. The SMILES string of the molecule is COC(C)(CN1CC(CSC(C)=O)CC1=O)OC. The van der Waals surface area contributed by atoms with Gasteiger partial charge in [-0.25, -0.2) is 0 Å². The number of hydrogen-bond donors (Lipinski definition) is 0. The van der Waals surface area contributed by atoms with E-state index in [1.165, 1.54) is 11.8 Å². The summed E-state index contributed by atoms with van der Waals surface area (Å²) in [7, 11) is 3.13. The van der Waals surface area contributed by atoms with Gasteiger partial charge >= 0.3 is 0 Å². The van der Waals surface area contributed by atoms with E-state index < -0.39 is 5.79 Å². The van der Waals surface area contributed by atoms with E-state index in [4.69, 9.17) is 9.47 Å². The molecule has 0 saturated carbocycles. The van der Waals surface area contributed by atoms with Crippen LogP contribution in [0.5, 0.6) is 0 Å². The van der Waals surface area contributed by atoms with Crippen LogP contribution in [0, 0.1) is 5.92 Å². The van der Waals surface area contributed by atoms with E-state index in [1.807, 2.05) is 0 Å². The molecule has 0 bridgehead atoms. The van der Waals surface area contributed by atoms with E-state index in [9.17, 15) is 9.59 Å². The molecule has 1 aliphatic rings. The quantitative estimate of drug-likeness (QED) is 0.680. The molecular formula is C12H21NO4S. The second kappa shape index (κ2) is 6.54. The van der Waals surface area contributed by atoms with Gasteiger partial charge in [0.05, 0.1) is 6.54 Å². The Morgan fingerprint density at radius 2 is 2.11 bits per heavy atom. The maximum atomic E-state index is 11.9. The molecule has 6 heteroatoms. The zero-order chi connectivity index (χ0) is 13.8. The van der Waals surface area contributed by atoms with Crippen LogP contribution in [0.25, 0.3) is 0 Å². The van der Waals surface area contributed by atoms with Gasteiger partial charge in [0.15, 0.2) is 10.9 Å². The van der Waals surface area contributed by atoms with Gasteiger partial charge in [-0.3, -0.25) is 9.59 Å². The van der Waals surface area contributed by atoms with Gasteiger partial charge in [0.2, 0.25) is 5.91 Å². The number of carbonyl (C=O) groups is 2. The monoisotopic (exact) mass is 275 g/mol. The molecule has 1 rings (SSSR count). The van der Waals surface area contributed by atoms with Crippen LogP contribution in [0.1, 0.15) is 20.3 Å². The molecule has 0 aromatic heterocycles. The van der Waals surface area contributed by atoms with E-state index in [0.717, 1.165) is 0 Å². The van der Waals surface area contributed by atoms with Crippen LogP contribution < -0.4 is 0 Å². The Bertz CT molecular complexity index is 317. The lowest BCUT2D eigenvalue weighted by molar-refractivity contribution is -0.203. The molecule has 1 fully saturated rings. The van der Waals surface area contributed by atoms with Crippen LogP contribution in [0.3, 0.4) is 0 Å². The summed E-state index contributed by atoms with van der Waals surface area (Å²) >= 11 is 1.28. The number of carbonyl (C=O) groups excluding carboxylic acids is 2. The fourth-order valence-electron chi connectivity index (χ4n) is 1.91. The van der Waals surface area contributed by atoms with Crippen molar-refractivity contribution in [1.29, 1.82) is 0 Å². The molecular weight excluding hydrogens is 254 g/mol. The second-order valence-electron chi connectivity index (χ2n) is 4.69. The molecule has 1 saturated heterocycles. The smallest absolute Gasteiger partial charge is 0.223 e. The van der Waals surface area contributed by atoms with Crippen LogP contribution in [0.15, 0.2) is 0 Å². The van der Waals surface area contributed by atoms with Crippen molar-refractivity contribution in [3.8, 4) is 0 Å². The molecule has 18 heavy (non-hydrogen) atoms. The third kappa shape index (κ3) is 4.26. The zero-order valence-corrected chi connectivity index (χ0v) is 12.2. The van der Waals surface area contributed by atoms with Crippen molar-refractivity contribution >= 4 is 22.8 Å². The van der Waals surface area contributed by atoms with Crippen molar-refractivity contribution < 1.29 is 19.1 Å². The summed E-state index contributed by atoms with van der Waals surface area (Å²) in [5.74, 6) is 0.279. The number of thioether (sulfide) groups is 1. The number of amides is 1. The topological polar surface area (TPSA) is 55.8 Å². The van der Waals surface area contributed by atoms with Gasteiger partial charge in [-0.1, -0.05) is 11.8 Å². The molecule has 0 aliphatic carbocycles. The molecule has 1 atom stereocenters. The Hall–Kier alpha value is -0.590. The highest BCUT2D eigenvalue weighted by Gasteiger charge is 2.35. The predicted octanol–water partition coefficient (Wildman–Crippen LogP) is 1.12. The summed E-state index contributed by atoms with van der Waals surface area (Å²) < 4.78 is 10.5. The molecule has 0 spiro atoms. The highest BCUT2D eigenvalue weighted by molar-refractivity contribution is 8.13. The number of nitrogens with zero attached hydrogens (tertiary/aromatic N) is 1. The maximum Gasteiger partial charge on any atom is 0.223 e. The summed E-state index contributed by atoms with van der Waals surface area (Å²) in [6.45, 7) is 4.44. The highest BCUT2D eigenvalue weighted by atomic mass is 32.2. The molecule has 0 aromatic rings. The fraction of sp³-hybridized carbons (Fsp3) is 0.833. The Morgan fingerprint density at radius 3 is 2.61 bits per heavy atom. The first-order valence-corrected chi connectivity index (χ1v) is 6.90. The summed E-state index contributed by atoms with van der Waals surface area (Å²) in [6.07, 6.45) is 0.504. The van der Waals surface area contributed by atoms with Crippen LogP contribution in [-0.2, 0) is 19.1 Å². The molecule has 5 nitrogen and oxygen atoms in total. The van der Waals surface area contributed by atoms with Crippen molar-refractivity contribution in [2.24, 2.45) is 5.92 Å². The fourth-order valence-corrected chi connectivity index (χ4v) is 2.61. The Morgan fingerprint density at radius 1 is 1.50 bits per heavy atom. The molecule has 1 amide bonds. The number of hydrogen-bond acceptors (Lipinski definition) is 5. The first-order valence-electron chi connectivity index (χ1n) is 5.91. The summed E-state index contributed by atoms with van der Waals surface area (Å²) in [4.78, 5) is 24.5. The van der Waals surface area contributed by atoms with Crippen molar-refractivity contribution in [3.63, 3.8) is 0 Å². The minimum absolute atomic E-state index is 0.0968. The van der Waals surface area contributed by atoms with Gasteiger partial charge in [-0.15, -0.1) is 0 Å². The highest BCUT2D eigenvalue weighted by Crippen LogP contribution is 2.24. The van der Waals surface area contributed by atoms with Gasteiger partial charge in [-0.2, -0.15) is 0 Å². The van der Waals surface area contributed by atoms with Gasteiger partial charge in [0.1, 0.15) is 0 Å². The van der Waals surface area contributed by atoms with E-state index in [0.29, 0.717) is 25.3 Å². The summed E-state index contributed by atoms with van der Waals surface area (Å²) in [5.41, 5.74) is 0. The number of ether oxygens (including phenoxy) is 2. The molecule has 0 N–H and O–H groups in total. The van der Waals surface area contributed by atoms with E-state index >= 15 is 0 Å². The van der Waals surface area contributed by atoms with E-state index in [1.54, 1.807) is 33.0 Å². The van der Waals surface area contributed by atoms with Crippen molar-refractivity contribution in [3.05, 3.63) is 0 Å². The zero-order valence-electron chi connectivity index (χ0n) is 11.4. The Kier molecular flexibility index (Phi) is 5.62. The molecule has 1 unspecified atom stereocenters. The average Bonchev–Trinajstić information content (AvgIpc) is 2.67. The average molecular weight is 275 g/mol. The third-order valence-corrected chi connectivity index (χ3v) is 4.20. The second-order valence-corrected chi connectivity index (χ2v) is 5.89. The molecule has 104 valence electrons. The Balaban J connectivity index is 2.49. The first kappa shape index (κ1) is 15.5. The lowest BCUT2D eigenvalue weighted by atomic mass is 10.1. The van der Waals surface area contributed by atoms with Gasteiger partial charge < -0.3 is 14.4 Å².